The summed E-state index contributed by atoms with van der Waals surface area (Å²) in [7, 11) is -4.37. The predicted octanol–water partition coefficient (Wildman–Crippen LogP) is 7.40. The lowest BCUT2D eigenvalue weighted by atomic mass is 9.70. The minimum atomic E-state index is -4.33. The van der Waals surface area contributed by atoms with E-state index in [1.54, 1.807) is 0 Å². The van der Waals surface area contributed by atoms with Gasteiger partial charge >= 0.3 is 0 Å². The van der Waals surface area contributed by atoms with Crippen molar-refractivity contribution in [3.8, 4) is 0 Å². The van der Waals surface area contributed by atoms with E-state index in [0.717, 1.165) is 25.7 Å². The van der Waals surface area contributed by atoms with Crippen molar-refractivity contribution in [2.75, 3.05) is 5.75 Å². The van der Waals surface area contributed by atoms with Crippen LogP contribution in [0.3, 0.4) is 0 Å². The maximum Gasteiger partial charge on any atom is 0.166 e. The molecule has 2 unspecified atom stereocenters. The summed E-state index contributed by atoms with van der Waals surface area (Å²) in [5, 5.41) is 0. The summed E-state index contributed by atoms with van der Waals surface area (Å²) in [5.41, 5.74) is 2.97. The van der Waals surface area contributed by atoms with E-state index in [2.05, 4.69) is 93.6 Å². The number of hydrogen-bond donors (Lipinski definition) is 0. The zero-order valence-electron chi connectivity index (χ0n) is 24.4. The molecule has 0 spiro atoms. The molecule has 2 fully saturated rings. The van der Waals surface area contributed by atoms with Crippen LogP contribution in [0, 0.1) is 16.7 Å². The molecule has 4 nitrogen and oxygen atoms in total. The third kappa shape index (κ3) is 6.24. The van der Waals surface area contributed by atoms with Crippen molar-refractivity contribution < 1.29 is 17.8 Å². The van der Waals surface area contributed by atoms with Gasteiger partial charge in [0.25, 0.3) is 0 Å². The molecule has 0 aliphatic heterocycles. The molecule has 0 heterocycles. The van der Waals surface area contributed by atoms with Crippen molar-refractivity contribution in [2.24, 2.45) is 16.7 Å². The molecule has 0 radical (unpaired) electrons. The lowest BCUT2D eigenvalue weighted by Gasteiger charge is -2.37. The van der Waals surface area contributed by atoms with Crippen LogP contribution >= 0.6 is 0 Å². The zero-order valence-corrected chi connectivity index (χ0v) is 26.0. The Morgan fingerprint density at radius 2 is 1.12 bits per heavy atom. The first kappa shape index (κ1) is 30.5. The highest BCUT2D eigenvalue weighted by atomic mass is 32.2. The molecule has 0 amide bonds. The topological polar surface area (TPSA) is 74.3 Å². The fourth-order valence-electron chi connectivity index (χ4n) is 6.40. The van der Waals surface area contributed by atoms with Crippen molar-refractivity contribution >= 4 is 26.8 Å². The van der Waals surface area contributed by atoms with Crippen LogP contribution in [0.2, 0.25) is 0 Å². The number of Topliss-reactive ketones (excluding diaryl/α,β-unsaturated/α-hetero) is 1. The fraction of sp³-hybridized carbons (Fsp3) is 0.441. The Morgan fingerprint density at radius 3 is 1.38 bits per heavy atom. The molecule has 2 bridgehead atoms. The highest BCUT2D eigenvalue weighted by Crippen LogP contribution is 2.64. The van der Waals surface area contributed by atoms with Crippen LogP contribution in [0.15, 0.2) is 87.5 Å². The summed E-state index contributed by atoms with van der Waals surface area (Å²) in [5.74, 6) is -0.280. The molecule has 0 N–H and O–H groups in total. The molecule has 0 saturated heterocycles. The third-order valence-corrected chi connectivity index (χ3v) is 12.3. The second kappa shape index (κ2) is 12.2. The summed E-state index contributed by atoms with van der Waals surface area (Å²) in [6.07, 6.45) is 5.14. The summed E-state index contributed by atoms with van der Waals surface area (Å²) >= 11 is 0. The maximum atomic E-state index is 11.8. The van der Waals surface area contributed by atoms with Crippen LogP contribution in [0.4, 0.5) is 0 Å². The van der Waals surface area contributed by atoms with Gasteiger partial charge in [-0.1, -0.05) is 71.0 Å². The van der Waals surface area contributed by atoms with Crippen LogP contribution in [-0.2, 0) is 45.1 Å². The Balaban J connectivity index is 0.000000210. The van der Waals surface area contributed by atoms with Gasteiger partial charge in [-0.3, -0.25) is 4.79 Å². The number of aryl methyl sites for hydroxylation is 3. The number of fused-ring (bicyclic) bond motifs is 2. The zero-order chi connectivity index (χ0) is 29.1. The third-order valence-electron chi connectivity index (χ3n) is 9.26. The van der Waals surface area contributed by atoms with Gasteiger partial charge < -0.3 is 4.55 Å². The van der Waals surface area contributed by atoms with E-state index in [1.165, 1.54) is 31.4 Å². The second-order valence-corrected chi connectivity index (χ2v) is 15.1. The molecule has 3 aromatic carbocycles. The number of carbonyl (C=O) groups excluding carboxylic acids is 1. The van der Waals surface area contributed by atoms with Gasteiger partial charge in [-0.25, -0.2) is 8.42 Å². The minimum absolute atomic E-state index is 0.0248. The SMILES string of the molecule is CC1(C)C2CCC1(CS(=O)(=O)[O-])C(=O)C2.CCc1ccc([S+](c2ccc(CC)cc2)c2ccc(CC)cc2)cc1. The molecule has 2 aliphatic rings. The quantitative estimate of drug-likeness (QED) is 0.206. The van der Waals surface area contributed by atoms with E-state index >= 15 is 0 Å². The van der Waals surface area contributed by atoms with Crippen LogP contribution in [0.5, 0.6) is 0 Å². The lowest BCUT2D eigenvalue weighted by molar-refractivity contribution is -0.128. The molecular weight excluding hydrogens is 537 g/mol. The first-order valence-corrected chi connectivity index (χ1v) is 17.2. The number of rotatable bonds is 8. The van der Waals surface area contributed by atoms with E-state index in [4.69, 9.17) is 0 Å². The van der Waals surface area contributed by atoms with Gasteiger partial charge in [-0.15, -0.1) is 0 Å². The van der Waals surface area contributed by atoms with E-state index < -0.39 is 21.3 Å². The Kier molecular flexibility index (Phi) is 9.33. The smallest absolute Gasteiger partial charge is 0.166 e. The van der Waals surface area contributed by atoms with Crippen molar-refractivity contribution in [2.45, 2.75) is 87.8 Å². The van der Waals surface area contributed by atoms with Crippen molar-refractivity contribution in [1.82, 2.24) is 0 Å². The average molecular weight is 579 g/mol. The van der Waals surface area contributed by atoms with E-state index in [-0.39, 0.29) is 28.0 Å². The molecule has 214 valence electrons. The van der Waals surface area contributed by atoms with Gasteiger partial charge in [0.15, 0.2) is 14.7 Å². The van der Waals surface area contributed by atoms with Crippen molar-refractivity contribution in [3.63, 3.8) is 0 Å². The average Bonchev–Trinajstić information content (AvgIpc) is 3.28. The summed E-state index contributed by atoms with van der Waals surface area (Å²) in [6, 6.07) is 27.5. The largest absolute Gasteiger partial charge is 0.748 e. The van der Waals surface area contributed by atoms with Gasteiger partial charge in [0.2, 0.25) is 0 Å². The predicted molar refractivity (Wildman–Crippen MR) is 163 cm³/mol. The Labute approximate surface area is 243 Å². The fourth-order valence-corrected chi connectivity index (χ4v) is 9.72. The lowest BCUT2D eigenvalue weighted by Crippen LogP contribution is -2.42. The van der Waals surface area contributed by atoms with Crippen LogP contribution in [-0.4, -0.2) is 24.5 Å². The highest BCUT2D eigenvalue weighted by Gasteiger charge is 2.64. The van der Waals surface area contributed by atoms with E-state index in [0.29, 0.717) is 12.8 Å². The van der Waals surface area contributed by atoms with Gasteiger partial charge in [-0.05, 0) is 96.5 Å². The monoisotopic (exact) mass is 578 g/mol. The first-order valence-electron chi connectivity index (χ1n) is 14.4. The standard InChI is InChI=1S/C24H27S.C10H16O4S/c1-4-19-7-13-22(14-8-19)25(23-15-9-20(5-2)10-16-23)24-17-11-21(6-3)12-18-24;1-9(2)7-3-4-10(9,8(11)5-7)6-15(12,13)14/h7-18H,4-6H2,1-3H3;7H,3-6H2,1-2H3,(H,12,13,14)/q+1;/p-1. The summed E-state index contributed by atoms with van der Waals surface area (Å²) in [4.78, 5) is 16.0. The first-order chi connectivity index (χ1) is 18.9. The van der Waals surface area contributed by atoms with Gasteiger partial charge in [0.1, 0.15) is 5.78 Å². The molecule has 2 aliphatic carbocycles. The Bertz CT molecular complexity index is 1300. The van der Waals surface area contributed by atoms with Gasteiger partial charge in [0.05, 0.1) is 26.8 Å². The number of carbonyl (C=O) groups is 1. The van der Waals surface area contributed by atoms with Crippen LogP contribution < -0.4 is 0 Å². The molecule has 0 aromatic heterocycles. The van der Waals surface area contributed by atoms with Gasteiger partial charge in [0, 0.05) is 11.8 Å². The maximum absolute atomic E-state index is 11.8. The van der Waals surface area contributed by atoms with Crippen LogP contribution in [0.1, 0.15) is 70.6 Å². The molecular formula is C34H42O4S2. The number of hydrogen-bond acceptors (Lipinski definition) is 4. The van der Waals surface area contributed by atoms with Crippen LogP contribution in [0.25, 0.3) is 0 Å². The van der Waals surface area contributed by atoms with E-state index in [1.807, 2.05) is 13.8 Å². The molecule has 40 heavy (non-hydrogen) atoms. The molecule has 2 saturated carbocycles. The van der Waals surface area contributed by atoms with Crippen molar-refractivity contribution in [3.05, 3.63) is 89.5 Å². The number of benzene rings is 3. The van der Waals surface area contributed by atoms with E-state index in [9.17, 15) is 17.8 Å². The minimum Gasteiger partial charge on any atom is -0.748 e. The summed E-state index contributed by atoms with van der Waals surface area (Å²) < 4.78 is 32.7. The normalized spacial score (nSPS) is 21.4. The molecule has 2 atom stereocenters. The molecule has 3 aromatic rings. The Morgan fingerprint density at radius 1 is 0.750 bits per heavy atom. The highest BCUT2D eigenvalue weighted by molar-refractivity contribution is 7.97. The molecule has 6 heteroatoms. The number of ketones is 1. The van der Waals surface area contributed by atoms with Crippen molar-refractivity contribution in [1.29, 1.82) is 0 Å². The second-order valence-electron chi connectivity index (χ2n) is 11.7. The molecule has 5 rings (SSSR count). The summed E-state index contributed by atoms with van der Waals surface area (Å²) in [6.45, 7) is 10.5. The Hall–Kier alpha value is -2.41. The van der Waals surface area contributed by atoms with Gasteiger partial charge in [-0.2, -0.15) is 0 Å².